The lowest BCUT2D eigenvalue weighted by Crippen LogP contribution is -2.23. The van der Waals surface area contributed by atoms with E-state index < -0.39 is 0 Å². The first kappa shape index (κ1) is 22.8. The van der Waals surface area contributed by atoms with Crippen LogP contribution in [-0.4, -0.2) is 15.9 Å². The molecular weight excluding hydrogens is 506 g/mol. The average molecular weight is 527 g/mol. The second-order valence-corrected chi connectivity index (χ2v) is 9.86. The number of rotatable bonds is 6. The summed E-state index contributed by atoms with van der Waals surface area (Å²) < 4.78 is 2.27. The molecule has 162 valence electrons. The Hall–Kier alpha value is -2.41. The molecular formula is C25H21BrClN3OS. The Balaban J connectivity index is 1.78. The summed E-state index contributed by atoms with van der Waals surface area (Å²) in [5.41, 5.74) is 1.42. The molecule has 0 spiro atoms. The van der Waals surface area contributed by atoms with Crippen molar-refractivity contribution in [3.63, 3.8) is 0 Å². The summed E-state index contributed by atoms with van der Waals surface area (Å²) in [6.07, 6.45) is 2.59. The van der Waals surface area contributed by atoms with Gasteiger partial charge in [-0.3, -0.25) is 4.79 Å². The van der Waals surface area contributed by atoms with Crippen LogP contribution in [0, 0.1) is 0 Å². The number of fused-ring (bicyclic) bond motifs is 1. The lowest BCUT2D eigenvalue weighted by atomic mass is 10.1. The highest BCUT2D eigenvalue weighted by Gasteiger charge is 2.15. The van der Waals surface area contributed by atoms with Gasteiger partial charge in [0.2, 0.25) is 0 Å². The molecule has 0 saturated heterocycles. The molecule has 1 atom stereocenters. The number of nitrogens with zero attached hydrogens (tertiary/aromatic N) is 3. The SMILES string of the molecule is CC[C@@H](C)c1nc2ccc(Br)cc2c(=O)n1N=Cc1ccccc1Sc1ccc(Cl)cc1. The van der Waals surface area contributed by atoms with Crippen LogP contribution in [0.1, 0.15) is 37.6 Å². The van der Waals surface area contributed by atoms with Gasteiger partial charge in [0, 0.05) is 30.8 Å². The van der Waals surface area contributed by atoms with E-state index in [9.17, 15) is 4.79 Å². The fraction of sp³-hybridized carbons (Fsp3) is 0.160. The minimum atomic E-state index is -0.175. The van der Waals surface area contributed by atoms with E-state index in [1.165, 1.54) is 4.68 Å². The molecule has 32 heavy (non-hydrogen) atoms. The van der Waals surface area contributed by atoms with E-state index in [4.69, 9.17) is 16.6 Å². The highest BCUT2D eigenvalue weighted by molar-refractivity contribution is 9.10. The normalized spacial score (nSPS) is 12.5. The monoisotopic (exact) mass is 525 g/mol. The molecule has 0 bridgehead atoms. The Labute approximate surface area is 204 Å². The summed E-state index contributed by atoms with van der Waals surface area (Å²) in [7, 11) is 0. The van der Waals surface area contributed by atoms with Crippen molar-refractivity contribution >= 4 is 56.4 Å². The third-order valence-electron chi connectivity index (χ3n) is 5.16. The fourth-order valence-electron chi connectivity index (χ4n) is 3.21. The molecule has 0 radical (unpaired) electrons. The molecule has 0 aliphatic rings. The van der Waals surface area contributed by atoms with Crippen molar-refractivity contribution in [1.82, 2.24) is 9.66 Å². The molecule has 1 heterocycles. The summed E-state index contributed by atoms with van der Waals surface area (Å²) in [6.45, 7) is 4.14. The van der Waals surface area contributed by atoms with Gasteiger partial charge >= 0.3 is 0 Å². The van der Waals surface area contributed by atoms with Gasteiger partial charge in [-0.25, -0.2) is 4.98 Å². The van der Waals surface area contributed by atoms with Crippen molar-refractivity contribution < 1.29 is 0 Å². The Bertz CT molecular complexity index is 1350. The van der Waals surface area contributed by atoms with E-state index in [0.29, 0.717) is 21.7 Å². The van der Waals surface area contributed by atoms with Crippen LogP contribution >= 0.6 is 39.3 Å². The van der Waals surface area contributed by atoms with Gasteiger partial charge in [0.1, 0.15) is 5.82 Å². The van der Waals surface area contributed by atoms with Crippen LogP contribution in [-0.2, 0) is 0 Å². The van der Waals surface area contributed by atoms with Crippen LogP contribution in [0.15, 0.2) is 90.9 Å². The third-order valence-corrected chi connectivity index (χ3v) is 7.00. The van der Waals surface area contributed by atoms with E-state index in [1.807, 2.05) is 60.7 Å². The zero-order valence-electron chi connectivity index (χ0n) is 17.6. The number of benzene rings is 3. The predicted octanol–water partition coefficient (Wildman–Crippen LogP) is 7.36. The number of aromatic nitrogens is 2. The maximum atomic E-state index is 13.3. The van der Waals surface area contributed by atoms with Crippen LogP contribution in [0.5, 0.6) is 0 Å². The van der Waals surface area contributed by atoms with Crippen molar-refractivity contribution in [2.24, 2.45) is 5.10 Å². The second-order valence-electron chi connectivity index (χ2n) is 7.40. The highest BCUT2D eigenvalue weighted by Crippen LogP contribution is 2.30. The predicted molar refractivity (Wildman–Crippen MR) is 137 cm³/mol. The molecule has 0 aliphatic heterocycles. The van der Waals surface area contributed by atoms with Crippen LogP contribution < -0.4 is 5.56 Å². The van der Waals surface area contributed by atoms with E-state index in [-0.39, 0.29) is 11.5 Å². The summed E-state index contributed by atoms with van der Waals surface area (Å²) in [4.78, 5) is 20.2. The van der Waals surface area contributed by atoms with Gasteiger partial charge in [-0.1, -0.05) is 71.3 Å². The minimum Gasteiger partial charge on any atom is -0.267 e. The first-order chi connectivity index (χ1) is 15.5. The maximum Gasteiger partial charge on any atom is 0.282 e. The van der Waals surface area contributed by atoms with Crippen molar-refractivity contribution in [2.45, 2.75) is 36.0 Å². The molecule has 0 N–H and O–H groups in total. The lowest BCUT2D eigenvalue weighted by molar-refractivity contribution is 0.613. The lowest BCUT2D eigenvalue weighted by Gasteiger charge is -2.14. The van der Waals surface area contributed by atoms with Gasteiger partial charge in [-0.2, -0.15) is 9.78 Å². The molecule has 7 heteroatoms. The number of hydrogen-bond donors (Lipinski definition) is 0. The Kier molecular flexibility index (Phi) is 7.13. The van der Waals surface area contributed by atoms with E-state index in [1.54, 1.807) is 24.0 Å². The van der Waals surface area contributed by atoms with Crippen molar-refractivity contribution in [3.8, 4) is 0 Å². The zero-order chi connectivity index (χ0) is 22.7. The van der Waals surface area contributed by atoms with E-state index >= 15 is 0 Å². The van der Waals surface area contributed by atoms with Gasteiger partial charge in [0.05, 0.1) is 17.1 Å². The average Bonchev–Trinajstić information content (AvgIpc) is 2.80. The van der Waals surface area contributed by atoms with Crippen molar-refractivity contribution in [2.75, 3.05) is 0 Å². The van der Waals surface area contributed by atoms with Crippen molar-refractivity contribution in [1.29, 1.82) is 0 Å². The molecule has 0 aliphatic carbocycles. The first-order valence-electron chi connectivity index (χ1n) is 10.2. The zero-order valence-corrected chi connectivity index (χ0v) is 20.8. The minimum absolute atomic E-state index is 0.0894. The quantitative estimate of drug-likeness (QED) is 0.247. The third kappa shape index (κ3) is 4.98. The maximum absolute atomic E-state index is 13.3. The highest BCUT2D eigenvalue weighted by atomic mass is 79.9. The van der Waals surface area contributed by atoms with Gasteiger partial charge in [0.25, 0.3) is 5.56 Å². The second kappa shape index (κ2) is 10.0. The molecule has 0 amide bonds. The van der Waals surface area contributed by atoms with E-state index in [2.05, 4.69) is 34.9 Å². The van der Waals surface area contributed by atoms with Crippen LogP contribution in [0.2, 0.25) is 5.02 Å². The molecule has 0 unspecified atom stereocenters. The summed E-state index contributed by atoms with van der Waals surface area (Å²) >= 11 is 11.1. The molecule has 4 rings (SSSR count). The first-order valence-corrected chi connectivity index (χ1v) is 12.2. The standard InChI is InChI=1S/C25H21BrClN3OS/c1-3-16(2)24-29-22-13-8-18(26)14-21(22)25(31)30(24)28-15-17-6-4-5-7-23(17)32-20-11-9-19(27)10-12-20/h4-16H,3H2,1-2H3/t16-/m1/s1. The molecule has 0 fully saturated rings. The largest absolute Gasteiger partial charge is 0.282 e. The molecule has 4 nitrogen and oxygen atoms in total. The van der Waals surface area contributed by atoms with Crippen LogP contribution in [0.3, 0.4) is 0 Å². The molecule has 0 saturated carbocycles. The van der Waals surface area contributed by atoms with Crippen LogP contribution in [0.4, 0.5) is 0 Å². The Morgan fingerprint density at radius 1 is 1.16 bits per heavy atom. The smallest absolute Gasteiger partial charge is 0.267 e. The van der Waals surface area contributed by atoms with Crippen molar-refractivity contribution in [3.05, 3.63) is 98.0 Å². The summed E-state index contributed by atoms with van der Waals surface area (Å²) in [5, 5.41) is 5.85. The topological polar surface area (TPSA) is 47.2 Å². The number of halogens is 2. The molecule has 4 aromatic rings. The van der Waals surface area contributed by atoms with Gasteiger partial charge in [-0.05, 0) is 55.0 Å². The molecule has 3 aromatic carbocycles. The Morgan fingerprint density at radius 3 is 2.66 bits per heavy atom. The van der Waals surface area contributed by atoms with Gasteiger partial charge < -0.3 is 0 Å². The summed E-state index contributed by atoms with van der Waals surface area (Å²) in [6, 6.07) is 21.2. The van der Waals surface area contributed by atoms with Crippen LogP contribution in [0.25, 0.3) is 10.9 Å². The number of hydrogen-bond acceptors (Lipinski definition) is 4. The Morgan fingerprint density at radius 2 is 1.91 bits per heavy atom. The van der Waals surface area contributed by atoms with Gasteiger partial charge in [-0.15, -0.1) is 0 Å². The molecule has 1 aromatic heterocycles. The van der Waals surface area contributed by atoms with Gasteiger partial charge in [0.15, 0.2) is 0 Å². The van der Waals surface area contributed by atoms with E-state index in [0.717, 1.165) is 26.2 Å². The summed E-state index contributed by atoms with van der Waals surface area (Å²) in [5.74, 6) is 0.748. The fourth-order valence-corrected chi connectivity index (χ4v) is 4.61.